The Kier molecular flexibility index (Phi) is 6.83. The molecule has 0 radical (unpaired) electrons. The van der Waals surface area contributed by atoms with E-state index in [9.17, 15) is 18.0 Å². The largest absolute Gasteiger partial charge is 0.497 e. The van der Waals surface area contributed by atoms with Crippen LogP contribution in [0, 0.1) is 5.92 Å². The first-order chi connectivity index (χ1) is 10.7. The Balaban J connectivity index is 0.000000322. The minimum absolute atomic E-state index is 0.237. The van der Waals surface area contributed by atoms with Crippen molar-refractivity contribution in [2.24, 2.45) is 5.92 Å². The summed E-state index contributed by atoms with van der Waals surface area (Å²) in [5, 5.41) is 7.12. The number of carboxylic acid groups (broad SMARTS) is 1. The van der Waals surface area contributed by atoms with Gasteiger partial charge in [0.1, 0.15) is 5.75 Å². The predicted molar refractivity (Wildman–Crippen MR) is 72.8 cm³/mol. The van der Waals surface area contributed by atoms with Crippen molar-refractivity contribution < 1.29 is 37.4 Å². The average Bonchev–Trinajstić information content (AvgIpc) is 3.31. The Morgan fingerprint density at radius 3 is 2.43 bits per heavy atom. The van der Waals surface area contributed by atoms with Crippen molar-refractivity contribution in [3.8, 4) is 5.75 Å². The molecule has 2 rings (SSSR count). The minimum Gasteiger partial charge on any atom is -0.497 e. The molecule has 1 saturated carbocycles. The number of rotatable bonds is 5. The maximum Gasteiger partial charge on any atom is 0.490 e. The molecular formula is C14H16F3NO5. The fourth-order valence-electron chi connectivity index (χ4n) is 1.33. The van der Waals surface area contributed by atoms with E-state index in [1.165, 1.54) is 12.8 Å². The number of hydrogen-bond acceptors (Lipinski definition) is 4. The van der Waals surface area contributed by atoms with Crippen LogP contribution in [0.25, 0.3) is 0 Å². The molecule has 0 aromatic heterocycles. The molecule has 1 aliphatic carbocycles. The molecule has 1 fully saturated rings. The highest BCUT2D eigenvalue weighted by Crippen LogP contribution is 2.28. The van der Waals surface area contributed by atoms with Gasteiger partial charge in [-0.3, -0.25) is 9.63 Å². The van der Waals surface area contributed by atoms with Gasteiger partial charge in [-0.25, -0.2) is 10.3 Å². The Morgan fingerprint density at radius 1 is 1.35 bits per heavy atom. The summed E-state index contributed by atoms with van der Waals surface area (Å²) in [5.74, 6) is -1.70. The zero-order valence-corrected chi connectivity index (χ0v) is 12.2. The summed E-state index contributed by atoms with van der Waals surface area (Å²) in [4.78, 5) is 25.6. The smallest absolute Gasteiger partial charge is 0.490 e. The van der Waals surface area contributed by atoms with E-state index in [4.69, 9.17) is 19.5 Å². The third-order valence-corrected chi connectivity index (χ3v) is 2.76. The highest BCUT2D eigenvalue weighted by atomic mass is 19.4. The third-order valence-electron chi connectivity index (χ3n) is 2.76. The van der Waals surface area contributed by atoms with Crippen LogP contribution in [0.1, 0.15) is 23.2 Å². The highest BCUT2D eigenvalue weighted by Gasteiger charge is 2.38. The van der Waals surface area contributed by atoms with Crippen LogP contribution < -0.4 is 10.2 Å². The van der Waals surface area contributed by atoms with Crippen molar-refractivity contribution in [2.75, 3.05) is 13.7 Å². The van der Waals surface area contributed by atoms with Crippen molar-refractivity contribution in [2.45, 2.75) is 19.0 Å². The standard InChI is InChI=1S/C12H15NO3.C2HF3O2/c1-15-11-4-2-3-10(7-11)12(14)13-16-8-9-5-6-9;3-2(4,5)1(6)7/h2-4,7,9H,5-6,8H2,1H3,(H,13,14);(H,6,7). The Bertz CT molecular complexity index is 543. The summed E-state index contributed by atoms with van der Waals surface area (Å²) in [6.07, 6.45) is -2.68. The summed E-state index contributed by atoms with van der Waals surface area (Å²) in [7, 11) is 1.57. The number of alkyl halides is 3. The van der Waals surface area contributed by atoms with Gasteiger partial charge >= 0.3 is 12.1 Å². The first-order valence-electron chi connectivity index (χ1n) is 6.60. The first-order valence-corrected chi connectivity index (χ1v) is 6.60. The van der Waals surface area contributed by atoms with Crippen LogP contribution in [0.2, 0.25) is 0 Å². The number of amides is 1. The van der Waals surface area contributed by atoms with E-state index in [1.807, 2.05) is 0 Å². The zero-order valence-electron chi connectivity index (χ0n) is 12.2. The monoisotopic (exact) mass is 335 g/mol. The van der Waals surface area contributed by atoms with Crippen LogP contribution in [0.5, 0.6) is 5.75 Å². The second kappa shape index (κ2) is 8.37. The number of carboxylic acids is 1. The van der Waals surface area contributed by atoms with Gasteiger partial charge in [-0.15, -0.1) is 0 Å². The van der Waals surface area contributed by atoms with Crippen LogP contribution in [-0.4, -0.2) is 36.9 Å². The van der Waals surface area contributed by atoms with Crippen molar-refractivity contribution >= 4 is 11.9 Å². The van der Waals surface area contributed by atoms with Crippen molar-refractivity contribution in [3.63, 3.8) is 0 Å². The predicted octanol–water partition coefficient (Wildman–Crippen LogP) is 2.40. The molecule has 1 aromatic rings. The Hall–Kier alpha value is -2.29. The first kappa shape index (κ1) is 18.8. The van der Waals surface area contributed by atoms with E-state index in [-0.39, 0.29) is 5.91 Å². The van der Waals surface area contributed by atoms with Gasteiger partial charge in [0.05, 0.1) is 13.7 Å². The lowest BCUT2D eigenvalue weighted by Crippen LogP contribution is -2.24. The van der Waals surface area contributed by atoms with Gasteiger partial charge in [0, 0.05) is 5.56 Å². The SMILES string of the molecule is COc1cccc(C(=O)NOCC2CC2)c1.O=C(O)C(F)(F)F. The van der Waals surface area contributed by atoms with Gasteiger partial charge in [0.15, 0.2) is 0 Å². The lowest BCUT2D eigenvalue weighted by Gasteiger charge is -2.06. The number of benzene rings is 1. The molecule has 0 spiro atoms. The third kappa shape index (κ3) is 7.50. The molecule has 0 bridgehead atoms. The molecule has 23 heavy (non-hydrogen) atoms. The number of methoxy groups -OCH3 is 1. The van der Waals surface area contributed by atoms with E-state index in [2.05, 4.69) is 5.48 Å². The molecule has 9 heteroatoms. The van der Waals surface area contributed by atoms with E-state index in [0.29, 0.717) is 23.8 Å². The second-order valence-electron chi connectivity index (χ2n) is 4.72. The van der Waals surface area contributed by atoms with Gasteiger partial charge in [-0.05, 0) is 37.0 Å². The quantitative estimate of drug-likeness (QED) is 0.807. The molecule has 0 atom stereocenters. The molecule has 1 aromatic carbocycles. The molecule has 2 N–H and O–H groups in total. The van der Waals surface area contributed by atoms with Crippen molar-refractivity contribution in [3.05, 3.63) is 29.8 Å². The Morgan fingerprint density at radius 2 is 1.96 bits per heavy atom. The lowest BCUT2D eigenvalue weighted by molar-refractivity contribution is -0.192. The average molecular weight is 335 g/mol. The fraction of sp³-hybridized carbons (Fsp3) is 0.429. The molecule has 128 valence electrons. The number of carbonyl (C=O) groups excluding carboxylic acids is 1. The summed E-state index contributed by atoms with van der Waals surface area (Å²) in [6, 6.07) is 6.96. The summed E-state index contributed by atoms with van der Waals surface area (Å²) in [5.41, 5.74) is 2.96. The van der Waals surface area contributed by atoms with Crippen LogP contribution in [0.3, 0.4) is 0 Å². The normalized spacial score (nSPS) is 13.6. The van der Waals surface area contributed by atoms with Crippen molar-refractivity contribution in [1.82, 2.24) is 5.48 Å². The Labute approximate surface area is 130 Å². The molecule has 1 amide bonds. The summed E-state index contributed by atoms with van der Waals surface area (Å²) >= 11 is 0. The van der Waals surface area contributed by atoms with E-state index >= 15 is 0 Å². The van der Waals surface area contributed by atoms with Crippen LogP contribution in [-0.2, 0) is 9.63 Å². The zero-order chi connectivity index (χ0) is 17.5. The van der Waals surface area contributed by atoms with Crippen molar-refractivity contribution in [1.29, 1.82) is 0 Å². The van der Waals surface area contributed by atoms with Crippen LogP contribution in [0.4, 0.5) is 13.2 Å². The number of nitrogens with one attached hydrogen (secondary N) is 1. The van der Waals surface area contributed by atoms with Crippen LogP contribution in [0.15, 0.2) is 24.3 Å². The van der Waals surface area contributed by atoms with Crippen LogP contribution >= 0.6 is 0 Å². The highest BCUT2D eigenvalue weighted by molar-refractivity contribution is 5.93. The molecule has 0 unspecified atom stereocenters. The summed E-state index contributed by atoms with van der Waals surface area (Å²) < 4.78 is 36.8. The summed E-state index contributed by atoms with van der Waals surface area (Å²) in [6.45, 7) is 0.607. The second-order valence-corrected chi connectivity index (χ2v) is 4.72. The maximum absolute atomic E-state index is 11.6. The molecule has 0 heterocycles. The van der Waals surface area contributed by atoms with Gasteiger partial charge in [-0.1, -0.05) is 6.07 Å². The number of halogens is 3. The molecule has 6 nitrogen and oxygen atoms in total. The number of ether oxygens (including phenoxy) is 1. The topological polar surface area (TPSA) is 84.9 Å². The molecular weight excluding hydrogens is 319 g/mol. The lowest BCUT2D eigenvalue weighted by atomic mass is 10.2. The molecule has 0 aliphatic heterocycles. The van der Waals surface area contributed by atoms with E-state index < -0.39 is 12.1 Å². The number of carbonyl (C=O) groups is 2. The number of hydroxylamine groups is 1. The molecule has 0 saturated heterocycles. The van der Waals surface area contributed by atoms with Gasteiger partial charge in [0.2, 0.25) is 0 Å². The van der Waals surface area contributed by atoms with E-state index in [1.54, 1.807) is 31.4 Å². The minimum atomic E-state index is -5.08. The fourth-order valence-corrected chi connectivity index (χ4v) is 1.33. The van der Waals surface area contributed by atoms with E-state index in [0.717, 1.165) is 0 Å². The number of hydrogen-bond donors (Lipinski definition) is 2. The van der Waals surface area contributed by atoms with Gasteiger partial charge < -0.3 is 9.84 Å². The molecule has 1 aliphatic rings. The van der Waals surface area contributed by atoms with Gasteiger partial charge in [0.25, 0.3) is 5.91 Å². The number of aliphatic carboxylic acids is 1. The maximum atomic E-state index is 11.6. The van der Waals surface area contributed by atoms with Gasteiger partial charge in [-0.2, -0.15) is 13.2 Å².